The summed E-state index contributed by atoms with van der Waals surface area (Å²) >= 11 is 5.92. The van der Waals surface area contributed by atoms with E-state index in [1.54, 1.807) is 7.05 Å². The minimum absolute atomic E-state index is 0.128. The zero-order valence-electron chi connectivity index (χ0n) is 11.0. The number of nitro benzene ring substituents is 1. The fourth-order valence-electron chi connectivity index (χ4n) is 2.35. The average Bonchev–Trinajstić information content (AvgIpc) is 2.36. The van der Waals surface area contributed by atoms with Gasteiger partial charge < -0.3 is 10.0 Å². The van der Waals surface area contributed by atoms with Gasteiger partial charge in [-0.15, -0.1) is 0 Å². The van der Waals surface area contributed by atoms with Crippen LogP contribution in [0.1, 0.15) is 23.2 Å². The molecule has 2 rings (SSSR count). The highest BCUT2D eigenvalue weighted by Crippen LogP contribution is 2.30. The van der Waals surface area contributed by atoms with Crippen molar-refractivity contribution in [3.63, 3.8) is 0 Å². The van der Waals surface area contributed by atoms with Crippen LogP contribution in [-0.2, 0) is 0 Å². The molecule has 1 aromatic rings. The SMILES string of the molecule is CN(CC1CC(O)C1)C(=O)c1cccc([N+](=O)[O-])c1Cl. The van der Waals surface area contributed by atoms with Gasteiger partial charge in [-0.2, -0.15) is 0 Å². The summed E-state index contributed by atoms with van der Waals surface area (Å²) < 4.78 is 0. The predicted molar refractivity (Wildman–Crippen MR) is 73.8 cm³/mol. The number of benzene rings is 1. The van der Waals surface area contributed by atoms with Gasteiger partial charge in [0.1, 0.15) is 5.02 Å². The Kier molecular flexibility index (Phi) is 4.25. The first-order valence-corrected chi connectivity index (χ1v) is 6.64. The van der Waals surface area contributed by atoms with Crippen LogP contribution in [0.5, 0.6) is 0 Å². The Labute approximate surface area is 121 Å². The van der Waals surface area contributed by atoms with Crippen LogP contribution in [0.4, 0.5) is 5.69 Å². The zero-order valence-corrected chi connectivity index (χ0v) is 11.7. The molecule has 0 atom stereocenters. The number of amides is 1. The van der Waals surface area contributed by atoms with Crippen molar-refractivity contribution < 1.29 is 14.8 Å². The summed E-state index contributed by atoms with van der Waals surface area (Å²) in [5.74, 6) is -0.0727. The fourth-order valence-corrected chi connectivity index (χ4v) is 2.63. The number of halogens is 1. The van der Waals surface area contributed by atoms with Crippen LogP contribution in [0.15, 0.2) is 18.2 Å². The maximum absolute atomic E-state index is 12.3. The lowest BCUT2D eigenvalue weighted by Crippen LogP contribution is -2.39. The first-order valence-electron chi connectivity index (χ1n) is 6.26. The lowest BCUT2D eigenvalue weighted by molar-refractivity contribution is -0.384. The number of nitro groups is 1. The average molecular weight is 299 g/mol. The van der Waals surface area contributed by atoms with E-state index in [2.05, 4.69) is 0 Å². The summed E-state index contributed by atoms with van der Waals surface area (Å²) in [7, 11) is 1.63. The number of rotatable bonds is 4. The summed E-state index contributed by atoms with van der Waals surface area (Å²) in [4.78, 5) is 23.9. The lowest BCUT2D eigenvalue weighted by Gasteiger charge is -2.34. The van der Waals surface area contributed by atoms with Crippen molar-refractivity contribution in [3.05, 3.63) is 38.9 Å². The highest BCUT2D eigenvalue weighted by molar-refractivity contribution is 6.35. The van der Waals surface area contributed by atoms with Crippen molar-refractivity contribution in [1.29, 1.82) is 0 Å². The maximum Gasteiger partial charge on any atom is 0.288 e. The van der Waals surface area contributed by atoms with Gasteiger partial charge in [-0.3, -0.25) is 14.9 Å². The van der Waals surface area contributed by atoms with Gasteiger partial charge in [-0.05, 0) is 24.8 Å². The van der Waals surface area contributed by atoms with Crippen molar-refractivity contribution in [2.75, 3.05) is 13.6 Å². The highest BCUT2D eigenvalue weighted by atomic mass is 35.5. The lowest BCUT2D eigenvalue weighted by atomic mass is 9.82. The molecule has 0 heterocycles. The van der Waals surface area contributed by atoms with E-state index in [0.29, 0.717) is 19.4 Å². The van der Waals surface area contributed by atoms with E-state index < -0.39 is 4.92 Å². The van der Waals surface area contributed by atoms with Crippen molar-refractivity contribution in [3.8, 4) is 0 Å². The quantitative estimate of drug-likeness (QED) is 0.681. The van der Waals surface area contributed by atoms with Crippen molar-refractivity contribution >= 4 is 23.2 Å². The van der Waals surface area contributed by atoms with Gasteiger partial charge in [0.25, 0.3) is 11.6 Å². The van der Waals surface area contributed by atoms with Crippen molar-refractivity contribution in [1.82, 2.24) is 4.90 Å². The number of aliphatic hydroxyl groups is 1. The molecule has 0 bridgehead atoms. The van der Waals surface area contributed by atoms with Crippen LogP contribution in [0, 0.1) is 16.0 Å². The van der Waals surface area contributed by atoms with E-state index in [1.807, 2.05) is 0 Å². The van der Waals surface area contributed by atoms with E-state index >= 15 is 0 Å². The van der Waals surface area contributed by atoms with E-state index in [0.717, 1.165) is 0 Å². The molecule has 0 unspecified atom stereocenters. The van der Waals surface area contributed by atoms with Crippen LogP contribution in [0.3, 0.4) is 0 Å². The Balaban J connectivity index is 2.12. The zero-order chi connectivity index (χ0) is 14.9. The minimum atomic E-state index is -0.610. The second-order valence-corrected chi connectivity index (χ2v) is 5.45. The number of hydrogen-bond acceptors (Lipinski definition) is 4. The topological polar surface area (TPSA) is 83.7 Å². The molecule has 1 saturated carbocycles. The van der Waals surface area contributed by atoms with Gasteiger partial charge in [0, 0.05) is 19.7 Å². The Hall–Kier alpha value is -1.66. The summed E-state index contributed by atoms with van der Waals surface area (Å²) in [6.07, 6.45) is 1.09. The second kappa shape index (κ2) is 5.76. The highest BCUT2D eigenvalue weighted by Gasteiger charge is 2.30. The largest absolute Gasteiger partial charge is 0.393 e. The van der Waals surface area contributed by atoms with Gasteiger partial charge in [0.05, 0.1) is 16.6 Å². The predicted octanol–water partition coefficient (Wildman–Crippen LogP) is 2.09. The molecule has 1 aromatic carbocycles. The van der Waals surface area contributed by atoms with Gasteiger partial charge in [-0.1, -0.05) is 17.7 Å². The molecule has 7 heteroatoms. The molecule has 1 aliphatic carbocycles. The molecular weight excluding hydrogens is 284 g/mol. The third-order valence-electron chi connectivity index (χ3n) is 3.50. The first kappa shape index (κ1) is 14.7. The third kappa shape index (κ3) is 2.91. The molecule has 1 amide bonds. The molecule has 0 aromatic heterocycles. The molecule has 20 heavy (non-hydrogen) atoms. The molecule has 0 aliphatic heterocycles. The molecule has 0 radical (unpaired) electrons. The molecule has 1 N–H and O–H groups in total. The van der Waals surface area contributed by atoms with Crippen molar-refractivity contribution in [2.24, 2.45) is 5.92 Å². The number of carbonyl (C=O) groups is 1. The number of nitrogens with zero attached hydrogens (tertiary/aromatic N) is 2. The minimum Gasteiger partial charge on any atom is -0.393 e. The summed E-state index contributed by atoms with van der Waals surface area (Å²) in [5, 5.41) is 19.9. The van der Waals surface area contributed by atoms with Gasteiger partial charge in [0.15, 0.2) is 0 Å². The smallest absolute Gasteiger partial charge is 0.288 e. The standard InChI is InChI=1S/C13H15ClN2O4/c1-15(7-8-5-9(17)6-8)13(18)10-3-2-4-11(12(10)14)16(19)20/h2-4,8-9,17H,5-7H2,1H3. The number of carbonyl (C=O) groups excluding carboxylic acids is 1. The van der Waals surface area contributed by atoms with E-state index in [-0.39, 0.29) is 34.2 Å². The third-order valence-corrected chi connectivity index (χ3v) is 3.89. The number of hydrogen-bond donors (Lipinski definition) is 1. The summed E-state index contributed by atoms with van der Waals surface area (Å²) in [5.41, 5.74) is -0.145. The Morgan fingerprint density at radius 1 is 1.55 bits per heavy atom. The van der Waals surface area contributed by atoms with E-state index in [1.165, 1.54) is 23.1 Å². The Morgan fingerprint density at radius 2 is 2.20 bits per heavy atom. The summed E-state index contributed by atoms with van der Waals surface area (Å²) in [6.45, 7) is 0.509. The molecule has 108 valence electrons. The van der Waals surface area contributed by atoms with E-state index in [4.69, 9.17) is 11.6 Å². The first-order chi connectivity index (χ1) is 9.40. The van der Waals surface area contributed by atoms with Crippen LogP contribution < -0.4 is 0 Å². The molecule has 6 nitrogen and oxygen atoms in total. The van der Waals surface area contributed by atoms with Crippen LogP contribution in [0.25, 0.3) is 0 Å². The number of aliphatic hydroxyl groups excluding tert-OH is 1. The Morgan fingerprint density at radius 3 is 2.75 bits per heavy atom. The molecule has 1 aliphatic rings. The van der Waals surface area contributed by atoms with Crippen LogP contribution in [-0.4, -0.2) is 40.5 Å². The normalized spacial score (nSPS) is 21.1. The van der Waals surface area contributed by atoms with Gasteiger partial charge in [0.2, 0.25) is 0 Å². The monoisotopic (exact) mass is 298 g/mol. The second-order valence-electron chi connectivity index (χ2n) is 5.07. The van der Waals surface area contributed by atoms with Crippen LogP contribution >= 0.6 is 11.6 Å². The van der Waals surface area contributed by atoms with E-state index in [9.17, 15) is 20.0 Å². The fraction of sp³-hybridized carbons (Fsp3) is 0.462. The summed E-state index contributed by atoms with van der Waals surface area (Å²) in [6, 6.07) is 4.18. The molecule has 0 saturated heterocycles. The van der Waals surface area contributed by atoms with Crippen molar-refractivity contribution in [2.45, 2.75) is 18.9 Å². The Bertz CT molecular complexity index is 543. The molecule has 1 fully saturated rings. The van der Waals surface area contributed by atoms with Gasteiger partial charge in [-0.25, -0.2) is 0 Å². The van der Waals surface area contributed by atoms with Crippen LogP contribution in [0.2, 0.25) is 5.02 Å². The maximum atomic E-state index is 12.3. The molecular formula is C13H15ClN2O4. The van der Waals surface area contributed by atoms with Gasteiger partial charge >= 0.3 is 0 Å². The molecule has 0 spiro atoms.